The van der Waals surface area contributed by atoms with Crippen LogP contribution in [0, 0.1) is 9.49 Å². The number of carboxylic acids is 7. The highest BCUT2D eigenvalue weighted by Gasteiger charge is 2.30. The number of urea groups is 1. The number of benzene rings is 2. The van der Waals surface area contributed by atoms with Crippen molar-refractivity contribution in [2.24, 2.45) is 5.92 Å². The van der Waals surface area contributed by atoms with E-state index in [1.54, 1.807) is 19.6 Å². The summed E-state index contributed by atoms with van der Waals surface area (Å²) in [7, 11) is 0. The normalized spacial score (nSPS) is 14.9. The first-order valence-electron chi connectivity index (χ1n) is 33.8. The van der Waals surface area contributed by atoms with E-state index in [0.29, 0.717) is 88.7 Å². The zero-order valence-corrected chi connectivity index (χ0v) is 59.7. The number of amides is 4. The minimum atomic E-state index is -1.30. The average molecular weight is 1540 g/mol. The van der Waals surface area contributed by atoms with E-state index < -0.39 is 84.3 Å². The van der Waals surface area contributed by atoms with Crippen LogP contribution in [0.2, 0.25) is 0 Å². The monoisotopic (exact) mass is 1540 g/mol. The van der Waals surface area contributed by atoms with Gasteiger partial charge in [0.15, 0.2) is 0 Å². The Morgan fingerprint density at radius 2 is 0.970 bits per heavy atom. The number of carbonyl (C=O) groups excluding carboxylic acids is 7. The zero-order chi connectivity index (χ0) is 74.2. The second-order valence-electron chi connectivity index (χ2n) is 24.8. The molecule has 0 aliphatic carbocycles. The lowest BCUT2D eigenvalue weighted by Gasteiger charge is -2.37. The fourth-order valence-corrected chi connectivity index (χ4v) is 11.9. The number of hydrogen-bond acceptors (Lipinski definition) is 19. The first-order chi connectivity index (χ1) is 47.7. The van der Waals surface area contributed by atoms with Crippen LogP contribution in [0.4, 0.5) is 4.79 Å². The van der Waals surface area contributed by atoms with Crippen LogP contribution >= 0.6 is 34.8 Å². The van der Waals surface area contributed by atoms with Crippen LogP contribution in [0.1, 0.15) is 152 Å². The summed E-state index contributed by atoms with van der Waals surface area (Å²) in [4.78, 5) is 171. The van der Waals surface area contributed by atoms with E-state index in [0.717, 1.165) is 45.9 Å². The first-order valence-corrected chi connectivity index (χ1v) is 35.3. The van der Waals surface area contributed by atoms with Crippen molar-refractivity contribution >= 4 is 117 Å². The average Bonchev–Trinajstić information content (AvgIpc) is 0.859. The van der Waals surface area contributed by atoms with Crippen molar-refractivity contribution in [1.29, 1.82) is 0 Å². The van der Waals surface area contributed by atoms with Gasteiger partial charge in [-0.3, -0.25) is 62.8 Å². The van der Waals surface area contributed by atoms with Gasteiger partial charge in [-0.25, -0.2) is 14.4 Å². The van der Waals surface area contributed by atoms with Crippen LogP contribution in [-0.2, 0) is 81.6 Å². The van der Waals surface area contributed by atoms with Crippen LogP contribution in [0.15, 0.2) is 48.5 Å². The molecule has 4 amide bonds. The Morgan fingerprint density at radius 3 is 1.54 bits per heavy atom. The van der Waals surface area contributed by atoms with Gasteiger partial charge in [-0.05, 0) is 128 Å². The number of Topliss-reactive ketones (excluding diaryl/α,β-unsaturated/α-hetero) is 2. The van der Waals surface area contributed by atoms with Crippen molar-refractivity contribution in [3.05, 3.63) is 68.8 Å². The van der Waals surface area contributed by atoms with Gasteiger partial charge in [0.2, 0.25) is 11.8 Å². The van der Waals surface area contributed by atoms with Crippen LogP contribution in [-0.4, -0.2) is 247 Å². The van der Waals surface area contributed by atoms with E-state index in [1.807, 2.05) is 48.5 Å². The SMILES string of the molecule is O=C(O)CCCNC(=O)N[C@@H](CCC(=O)CCCCCCCCC(=O)C[C@@H](CCCCNC(=S)Cc1ccc(CC2CN(CC(=O)O)CCN(CC(=O)O)CCN(CC(=O)O)CCN2CC(=O)O)cc1)C(=O)N[C@@H](CCCCNC(=O)CCCc1ccc(I)cc1)C(=O)O)C(=O)O.O=C=O. The van der Waals surface area contributed by atoms with Crippen molar-refractivity contribution in [3.63, 3.8) is 0 Å². The van der Waals surface area contributed by atoms with E-state index in [-0.39, 0.29) is 153 Å². The maximum absolute atomic E-state index is 13.9. The summed E-state index contributed by atoms with van der Waals surface area (Å²) in [5.74, 6) is -9.71. The highest BCUT2D eigenvalue weighted by atomic mass is 127. The smallest absolute Gasteiger partial charge is 0.373 e. The molecule has 0 bridgehead atoms. The van der Waals surface area contributed by atoms with Gasteiger partial charge in [-0.15, -0.1) is 0 Å². The lowest BCUT2D eigenvalue weighted by atomic mass is 9.92. The molecular weight excluding hydrogens is 1440 g/mol. The number of nitrogens with zero attached hydrogens (tertiary/aromatic N) is 4. The number of aliphatic carboxylic acids is 7. The summed E-state index contributed by atoms with van der Waals surface area (Å²) < 4.78 is 1.13. The number of carbonyl (C=O) groups is 12. The maximum Gasteiger partial charge on any atom is 0.373 e. The second kappa shape index (κ2) is 52.2. The Balaban J connectivity index is 0.0000111. The van der Waals surface area contributed by atoms with Crippen molar-refractivity contribution in [3.8, 4) is 0 Å². The van der Waals surface area contributed by atoms with Gasteiger partial charge in [-0.2, -0.15) is 9.59 Å². The summed E-state index contributed by atoms with van der Waals surface area (Å²) in [6.45, 7) is 0.479. The molecule has 1 unspecified atom stereocenters. The molecule has 1 aliphatic heterocycles. The number of thiocarbonyl (C=S) groups is 1. The van der Waals surface area contributed by atoms with E-state index in [1.165, 1.54) is 0 Å². The molecule has 30 nitrogen and oxygen atoms in total. The number of rotatable bonds is 49. The maximum atomic E-state index is 13.9. The minimum Gasteiger partial charge on any atom is -0.481 e. The third-order valence-electron chi connectivity index (χ3n) is 16.5. The quantitative estimate of drug-likeness (QED) is 0.0249. The molecule has 0 aromatic heterocycles. The Morgan fingerprint density at radius 1 is 0.480 bits per heavy atom. The third kappa shape index (κ3) is 43.6. The molecule has 32 heteroatoms. The molecule has 0 spiro atoms. The minimum absolute atomic E-state index is 0.0441. The van der Waals surface area contributed by atoms with Crippen LogP contribution in [0.5, 0.6) is 0 Å². The Labute approximate surface area is 601 Å². The lowest BCUT2D eigenvalue weighted by Crippen LogP contribution is -2.53. The largest absolute Gasteiger partial charge is 0.481 e. The van der Waals surface area contributed by atoms with Crippen molar-refractivity contribution in [2.75, 3.05) is 91.6 Å². The van der Waals surface area contributed by atoms with Gasteiger partial charge >= 0.3 is 54.0 Å². The molecule has 1 saturated heterocycles. The molecule has 2 aromatic carbocycles. The molecule has 0 saturated carbocycles. The van der Waals surface area contributed by atoms with Gasteiger partial charge in [0.05, 0.1) is 31.2 Å². The molecular formula is C68H100IN9O21S. The molecule has 0 radical (unpaired) electrons. The van der Waals surface area contributed by atoms with Crippen molar-refractivity contribution in [1.82, 2.24) is 46.2 Å². The topological polar surface area (TPSA) is 454 Å². The standard InChI is InChI=1S/C67H100IN9O19S.CO2/c68-51-26-24-47(25-27-51)13-11-18-57(80)69-30-10-8-17-55(65(92)93)72-64(91)50(41-54(79)16-6-4-2-1-3-5-15-53(78)28-29-56(66(94)95)73-67(96)71-32-12-19-59(81)82)14-7-9-31-70-58(97)40-49-22-20-48(21-23-49)39-52-42-76(45-62(87)88)36-35-74(43-60(83)84)33-34-75(44-61(85)86)37-38-77(52)46-63(89)90;2-1-3/h20-27,50,52,55-56H,1-19,28-46H2,(H,69,80)(H,70,97)(H,72,91)(H,81,82)(H,83,84)(H,85,86)(H,87,88)(H,89,90)(H,92,93)(H,94,95)(H2,71,73,96);/t50-,52?,55+,56+;/m1./s1. The van der Waals surface area contributed by atoms with E-state index in [2.05, 4.69) is 49.2 Å². The molecule has 1 heterocycles. The fraction of sp³-hybridized carbons (Fsp3) is 0.618. The summed E-state index contributed by atoms with van der Waals surface area (Å²) in [6, 6.07) is 11.8. The number of carboxylic acid groups (broad SMARTS) is 7. The van der Waals surface area contributed by atoms with E-state index in [9.17, 15) is 88.2 Å². The highest BCUT2D eigenvalue weighted by molar-refractivity contribution is 14.1. The second-order valence-corrected chi connectivity index (χ2v) is 26.5. The first kappa shape index (κ1) is 88.2. The summed E-state index contributed by atoms with van der Waals surface area (Å²) in [5.41, 5.74) is 2.81. The van der Waals surface area contributed by atoms with Crippen molar-refractivity contribution < 1.29 is 103 Å². The molecule has 556 valence electrons. The number of nitrogens with one attached hydrogen (secondary N) is 5. The third-order valence-corrected chi connectivity index (χ3v) is 17.6. The molecule has 3 rings (SSSR count). The van der Waals surface area contributed by atoms with Crippen LogP contribution < -0.4 is 26.6 Å². The summed E-state index contributed by atoms with van der Waals surface area (Å²) in [6.07, 6.45) is 9.39. The predicted octanol–water partition coefficient (Wildman–Crippen LogP) is 4.35. The number of halogens is 1. The molecule has 12 N–H and O–H groups in total. The van der Waals surface area contributed by atoms with Gasteiger partial charge < -0.3 is 62.3 Å². The lowest BCUT2D eigenvalue weighted by molar-refractivity contribution is -0.192. The summed E-state index contributed by atoms with van der Waals surface area (Å²) >= 11 is 7.95. The van der Waals surface area contributed by atoms with Crippen molar-refractivity contribution in [2.45, 2.75) is 172 Å². The number of unbranched alkanes of at least 4 members (excludes halogenated alkanes) is 7. The number of hydrogen-bond donors (Lipinski definition) is 12. The van der Waals surface area contributed by atoms with Crippen LogP contribution in [0.3, 0.4) is 0 Å². The Kier molecular flexibility index (Phi) is 46.0. The van der Waals surface area contributed by atoms with Gasteiger partial charge in [0, 0.05) is 126 Å². The van der Waals surface area contributed by atoms with Gasteiger partial charge in [0.1, 0.15) is 23.7 Å². The molecule has 1 aliphatic rings. The molecule has 2 aromatic rings. The molecule has 1 fully saturated rings. The molecule has 4 atom stereocenters. The Bertz CT molecular complexity index is 2960. The number of aryl methyl sites for hydroxylation is 1. The van der Waals surface area contributed by atoms with Crippen LogP contribution in [0.25, 0.3) is 0 Å². The predicted molar refractivity (Wildman–Crippen MR) is 376 cm³/mol. The molecule has 100 heavy (non-hydrogen) atoms. The van der Waals surface area contributed by atoms with E-state index >= 15 is 0 Å². The van der Waals surface area contributed by atoms with Gasteiger partial charge in [0.25, 0.3) is 0 Å². The summed E-state index contributed by atoms with van der Waals surface area (Å²) in [5, 5.41) is 81.0. The van der Waals surface area contributed by atoms with E-state index in [4.69, 9.17) is 26.9 Å². The van der Waals surface area contributed by atoms with Gasteiger partial charge in [-0.1, -0.05) is 80.7 Å². The Hall–Kier alpha value is -7.88. The highest BCUT2D eigenvalue weighted by Crippen LogP contribution is 2.20. The zero-order valence-electron chi connectivity index (χ0n) is 56.7. The fourth-order valence-electron chi connectivity index (χ4n) is 11.2. The number of ketones is 2.